The van der Waals surface area contributed by atoms with E-state index in [2.05, 4.69) is 0 Å². The summed E-state index contributed by atoms with van der Waals surface area (Å²) in [6.07, 6.45) is 0.398. The minimum atomic E-state index is -2.09. The Bertz CT molecular complexity index is 422. The van der Waals surface area contributed by atoms with Crippen molar-refractivity contribution in [3.05, 3.63) is 35.4 Å². The van der Waals surface area contributed by atoms with Crippen LogP contribution in [0.3, 0.4) is 0 Å². The molecule has 1 radical (unpaired) electrons. The molecule has 1 nitrogen and oxygen atoms in total. The normalized spacial score (nSPS) is 13.7. The monoisotopic (exact) mass is 401 g/mol. The highest BCUT2D eigenvalue weighted by atomic mass is 35.6. The largest absolute Gasteiger partial charge is 0.236 e. The Hall–Kier alpha value is 1.21. The second-order valence-electron chi connectivity index (χ2n) is 3.80. The maximum absolute atomic E-state index is 10.5. The SMILES string of the molecule is [O]CCc1ccc(C(Cl)(Cl)C(Cl)(Cl)C(Cl)(Cl)Cl)cc1. The zero-order valence-corrected chi connectivity index (χ0v) is 14.6. The van der Waals surface area contributed by atoms with Gasteiger partial charge >= 0.3 is 0 Å². The molecule has 0 heterocycles. The predicted molar refractivity (Wildman–Crippen MR) is 83.8 cm³/mol. The molecular weight excluding hydrogens is 396 g/mol. The molecule has 0 fully saturated rings. The Morgan fingerprint density at radius 2 is 1.32 bits per heavy atom. The zero-order chi connectivity index (χ0) is 14.9. The van der Waals surface area contributed by atoms with E-state index in [1.807, 2.05) is 0 Å². The molecule has 0 saturated carbocycles. The van der Waals surface area contributed by atoms with Gasteiger partial charge in [-0.3, -0.25) is 0 Å². The molecule has 0 aliphatic rings. The number of rotatable bonds is 4. The van der Waals surface area contributed by atoms with Gasteiger partial charge < -0.3 is 0 Å². The number of halogens is 7. The van der Waals surface area contributed by atoms with E-state index in [0.717, 1.165) is 5.56 Å². The van der Waals surface area contributed by atoms with Crippen LogP contribution in [-0.4, -0.2) is 14.7 Å². The third-order valence-electron chi connectivity index (χ3n) is 2.46. The fraction of sp³-hybridized carbons (Fsp3) is 0.455. The highest BCUT2D eigenvalue weighted by Gasteiger charge is 2.60. The summed E-state index contributed by atoms with van der Waals surface area (Å²) in [5, 5.41) is 10.5. The van der Waals surface area contributed by atoms with Crippen molar-refractivity contribution in [1.29, 1.82) is 0 Å². The van der Waals surface area contributed by atoms with Crippen molar-refractivity contribution in [3.63, 3.8) is 0 Å². The first-order valence-corrected chi connectivity index (χ1v) is 7.68. The summed E-state index contributed by atoms with van der Waals surface area (Å²) in [4.78, 5) is 0. The molecule has 0 atom stereocenters. The van der Waals surface area contributed by atoms with Crippen molar-refractivity contribution in [1.82, 2.24) is 0 Å². The Balaban J connectivity index is 3.13. The van der Waals surface area contributed by atoms with Crippen LogP contribution in [0, 0.1) is 0 Å². The van der Waals surface area contributed by atoms with Gasteiger partial charge in [0, 0.05) is 0 Å². The third kappa shape index (κ3) is 3.90. The van der Waals surface area contributed by atoms with Crippen LogP contribution in [0.25, 0.3) is 0 Å². The molecule has 0 spiro atoms. The second kappa shape index (κ2) is 6.54. The summed E-state index contributed by atoms with van der Waals surface area (Å²) in [6, 6.07) is 6.55. The van der Waals surface area contributed by atoms with Crippen molar-refractivity contribution in [2.45, 2.75) is 18.9 Å². The zero-order valence-electron chi connectivity index (χ0n) is 9.28. The lowest BCUT2D eigenvalue weighted by molar-refractivity contribution is 0.197. The summed E-state index contributed by atoms with van der Waals surface area (Å²) in [7, 11) is 0. The van der Waals surface area contributed by atoms with Crippen molar-refractivity contribution >= 4 is 81.2 Å². The van der Waals surface area contributed by atoms with E-state index in [4.69, 9.17) is 81.2 Å². The van der Waals surface area contributed by atoms with E-state index in [0.29, 0.717) is 12.0 Å². The average molecular weight is 404 g/mol. The van der Waals surface area contributed by atoms with Crippen LogP contribution >= 0.6 is 81.2 Å². The van der Waals surface area contributed by atoms with E-state index in [1.54, 1.807) is 24.3 Å². The van der Waals surface area contributed by atoms with Crippen LogP contribution in [0.15, 0.2) is 24.3 Å². The highest BCUT2D eigenvalue weighted by molar-refractivity contribution is 6.78. The molecule has 0 unspecified atom stereocenters. The van der Waals surface area contributed by atoms with Crippen LogP contribution in [0.1, 0.15) is 11.1 Å². The standard InChI is InChI=1S/C11H8Cl7O/c12-9(13,10(14,15)11(16,17)18)8-3-1-7(2-4-8)5-6-19/h1-4H,5-6H2. The van der Waals surface area contributed by atoms with Crippen LogP contribution in [0.5, 0.6) is 0 Å². The summed E-state index contributed by atoms with van der Waals surface area (Å²) >= 11 is 41.4. The molecule has 0 bridgehead atoms. The summed E-state index contributed by atoms with van der Waals surface area (Å²) in [5.74, 6) is 0. The highest BCUT2D eigenvalue weighted by Crippen LogP contribution is 2.60. The topological polar surface area (TPSA) is 19.9 Å². The maximum Gasteiger partial charge on any atom is 0.226 e. The lowest BCUT2D eigenvalue weighted by Crippen LogP contribution is -2.45. The molecule has 19 heavy (non-hydrogen) atoms. The third-order valence-corrected chi connectivity index (χ3v) is 6.41. The van der Waals surface area contributed by atoms with Crippen LogP contribution in [0.2, 0.25) is 0 Å². The molecule has 0 saturated heterocycles. The molecule has 0 aliphatic heterocycles. The Kier molecular flexibility index (Phi) is 6.28. The lowest BCUT2D eigenvalue weighted by Gasteiger charge is -2.37. The molecule has 0 aliphatic carbocycles. The number of hydrogen-bond donors (Lipinski definition) is 0. The van der Waals surface area contributed by atoms with Crippen LogP contribution in [-0.2, 0) is 15.9 Å². The molecular formula is C11H8Cl7O. The summed E-state index contributed by atoms with van der Waals surface area (Å²) in [5.41, 5.74) is 1.20. The number of benzene rings is 1. The first-order chi connectivity index (χ1) is 8.54. The van der Waals surface area contributed by atoms with E-state index in [-0.39, 0.29) is 6.61 Å². The lowest BCUT2D eigenvalue weighted by atomic mass is 10.0. The fourth-order valence-corrected chi connectivity index (χ4v) is 2.83. The first kappa shape index (κ1) is 18.3. The second-order valence-corrected chi connectivity index (χ2v) is 8.73. The van der Waals surface area contributed by atoms with Gasteiger partial charge in [-0.2, -0.15) is 0 Å². The van der Waals surface area contributed by atoms with Gasteiger partial charge in [0.25, 0.3) is 0 Å². The van der Waals surface area contributed by atoms with Crippen LogP contribution < -0.4 is 0 Å². The molecule has 0 amide bonds. The van der Waals surface area contributed by atoms with Gasteiger partial charge in [0.15, 0.2) is 4.33 Å². The van der Waals surface area contributed by atoms with Gasteiger partial charge in [0.05, 0.1) is 6.61 Å². The van der Waals surface area contributed by atoms with Gasteiger partial charge in [0.2, 0.25) is 8.13 Å². The predicted octanol–water partition coefficient (Wildman–Crippen LogP) is 5.83. The number of hydrogen-bond acceptors (Lipinski definition) is 0. The van der Waals surface area contributed by atoms with Crippen LogP contribution in [0.4, 0.5) is 0 Å². The number of alkyl halides is 7. The van der Waals surface area contributed by atoms with Crippen molar-refractivity contribution in [2.75, 3.05) is 6.61 Å². The molecule has 1 aromatic rings. The molecule has 1 rings (SSSR count). The molecule has 0 N–H and O–H groups in total. The van der Waals surface area contributed by atoms with E-state index >= 15 is 0 Å². The van der Waals surface area contributed by atoms with Gasteiger partial charge in [-0.25, -0.2) is 5.11 Å². The minimum absolute atomic E-state index is 0.213. The van der Waals surface area contributed by atoms with Crippen molar-refractivity contribution < 1.29 is 5.11 Å². The minimum Gasteiger partial charge on any atom is -0.236 e. The summed E-state index contributed by atoms with van der Waals surface area (Å²) in [6.45, 7) is -0.213. The molecule has 8 heteroatoms. The van der Waals surface area contributed by atoms with Gasteiger partial charge in [-0.15, -0.1) is 0 Å². The van der Waals surface area contributed by atoms with Crippen molar-refractivity contribution in [3.8, 4) is 0 Å². The molecule has 107 valence electrons. The first-order valence-electron chi connectivity index (χ1n) is 5.04. The maximum atomic E-state index is 10.5. The Morgan fingerprint density at radius 3 is 1.68 bits per heavy atom. The Labute approximate surface area is 146 Å². The van der Waals surface area contributed by atoms with E-state index < -0.39 is 12.5 Å². The van der Waals surface area contributed by atoms with Gasteiger partial charge in [-0.1, -0.05) is 105 Å². The average Bonchev–Trinajstić information content (AvgIpc) is 2.28. The molecule has 1 aromatic carbocycles. The van der Waals surface area contributed by atoms with E-state index in [9.17, 15) is 5.11 Å². The molecule has 0 aromatic heterocycles. The quantitative estimate of drug-likeness (QED) is 0.563. The van der Waals surface area contributed by atoms with Gasteiger partial charge in [-0.05, 0) is 17.5 Å². The van der Waals surface area contributed by atoms with Gasteiger partial charge in [0.1, 0.15) is 0 Å². The fourth-order valence-electron chi connectivity index (χ4n) is 1.36. The Morgan fingerprint density at radius 1 is 0.842 bits per heavy atom. The van der Waals surface area contributed by atoms with Crippen molar-refractivity contribution in [2.24, 2.45) is 0 Å². The smallest absolute Gasteiger partial charge is 0.226 e. The van der Waals surface area contributed by atoms with E-state index in [1.165, 1.54) is 0 Å². The summed E-state index contributed by atoms with van der Waals surface area (Å²) < 4.78 is -5.99.